The molecule has 1 amide bonds. The molecule has 8 nitrogen and oxygen atoms in total. The average Bonchev–Trinajstić information content (AvgIpc) is 3.19. The first-order valence-electron chi connectivity index (χ1n) is 10.1. The second-order valence-electron chi connectivity index (χ2n) is 7.65. The van der Waals surface area contributed by atoms with E-state index in [0.717, 1.165) is 0 Å². The van der Waals surface area contributed by atoms with Crippen LogP contribution >= 0.6 is 0 Å². The van der Waals surface area contributed by atoms with Crippen LogP contribution in [0.3, 0.4) is 0 Å². The van der Waals surface area contributed by atoms with Gasteiger partial charge in [0.25, 0.3) is 5.91 Å². The van der Waals surface area contributed by atoms with Crippen molar-refractivity contribution in [3.63, 3.8) is 0 Å². The Morgan fingerprint density at radius 1 is 1.25 bits per heavy atom. The summed E-state index contributed by atoms with van der Waals surface area (Å²) in [6, 6.07) is 12.3. The molecule has 2 aromatic heterocycles. The number of aromatic nitrogens is 3. The highest BCUT2D eigenvalue weighted by molar-refractivity contribution is 5.98. The Balaban J connectivity index is 1.52. The van der Waals surface area contributed by atoms with Gasteiger partial charge in [-0.3, -0.25) is 14.4 Å². The van der Waals surface area contributed by atoms with Gasteiger partial charge in [0.1, 0.15) is 11.4 Å². The molecule has 164 valence electrons. The van der Waals surface area contributed by atoms with E-state index in [1.165, 1.54) is 36.5 Å². The van der Waals surface area contributed by atoms with Crippen molar-refractivity contribution in [1.29, 1.82) is 5.26 Å². The molecule has 0 unspecified atom stereocenters. The minimum Gasteiger partial charge on any atom is -0.365 e. The van der Waals surface area contributed by atoms with Crippen LogP contribution in [-0.4, -0.2) is 38.7 Å². The number of primary amides is 1. The molecule has 10 heteroatoms. The Morgan fingerprint density at radius 2 is 2.03 bits per heavy atom. The summed E-state index contributed by atoms with van der Waals surface area (Å²) in [5.41, 5.74) is 6.85. The van der Waals surface area contributed by atoms with Gasteiger partial charge in [-0.1, -0.05) is 6.07 Å². The van der Waals surface area contributed by atoms with Crippen LogP contribution in [-0.2, 0) is 6.54 Å². The molecule has 0 saturated carbocycles. The molecule has 1 fully saturated rings. The van der Waals surface area contributed by atoms with Crippen LogP contribution in [0.4, 0.5) is 20.3 Å². The summed E-state index contributed by atoms with van der Waals surface area (Å²) in [7, 11) is 0. The molecule has 0 bridgehead atoms. The minimum atomic E-state index is -0.663. The van der Waals surface area contributed by atoms with Crippen LogP contribution in [0.15, 0.2) is 48.7 Å². The second kappa shape index (κ2) is 9.11. The number of pyridine rings is 1. The summed E-state index contributed by atoms with van der Waals surface area (Å²) < 4.78 is 28.1. The monoisotopic (exact) mass is 437 g/mol. The molecule has 3 N–H and O–H groups in total. The van der Waals surface area contributed by atoms with Crippen molar-refractivity contribution in [3.8, 4) is 6.07 Å². The molecule has 0 spiro atoms. The first kappa shape index (κ1) is 21.4. The molecule has 32 heavy (non-hydrogen) atoms. The highest BCUT2D eigenvalue weighted by atomic mass is 19.1. The van der Waals surface area contributed by atoms with E-state index in [0.29, 0.717) is 37.4 Å². The number of hydrogen-bond donors (Lipinski definition) is 2. The van der Waals surface area contributed by atoms with Crippen LogP contribution in [0.1, 0.15) is 28.5 Å². The van der Waals surface area contributed by atoms with Gasteiger partial charge in [0.2, 0.25) is 5.95 Å². The predicted molar refractivity (Wildman–Crippen MR) is 113 cm³/mol. The van der Waals surface area contributed by atoms with Crippen molar-refractivity contribution in [3.05, 3.63) is 71.7 Å². The Morgan fingerprint density at radius 3 is 2.72 bits per heavy atom. The zero-order valence-corrected chi connectivity index (χ0v) is 17.1. The van der Waals surface area contributed by atoms with E-state index in [-0.39, 0.29) is 23.2 Å². The molecular weight excluding hydrogens is 416 g/mol. The molecule has 2 atom stereocenters. The maximum Gasteiger partial charge on any atom is 0.254 e. The Labute approximate surface area is 183 Å². The Hall–Kier alpha value is -3.84. The van der Waals surface area contributed by atoms with Crippen molar-refractivity contribution in [1.82, 2.24) is 19.7 Å². The molecule has 1 aromatic carbocycles. The first-order valence-corrected chi connectivity index (χ1v) is 10.1. The van der Waals surface area contributed by atoms with Crippen LogP contribution in [0.25, 0.3) is 0 Å². The lowest BCUT2D eigenvalue weighted by atomic mass is 9.93. The van der Waals surface area contributed by atoms with Gasteiger partial charge in [-0.2, -0.15) is 14.8 Å². The smallest absolute Gasteiger partial charge is 0.254 e. The number of nitrogens with two attached hydrogens (primary N) is 1. The van der Waals surface area contributed by atoms with E-state index in [1.54, 1.807) is 16.8 Å². The van der Waals surface area contributed by atoms with Gasteiger partial charge in [-0.25, -0.2) is 9.37 Å². The number of rotatable bonds is 6. The molecule has 1 aliphatic heterocycles. The van der Waals surface area contributed by atoms with E-state index in [2.05, 4.69) is 21.5 Å². The second-order valence-corrected chi connectivity index (χ2v) is 7.65. The number of nitrogens with one attached hydrogen (secondary N) is 1. The highest BCUT2D eigenvalue weighted by Crippen LogP contribution is 2.30. The van der Waals surface area contributed by atoms with Crippen LogP contribution in [0.5, 0.6) is 0 Å². The maximum absolute atomic E-state index is 13.4. The van der Waals surface area contributed by atoms with E-state index in [1.807, 2.05) is 4.90 Å². The lowest BCUT2D eigenvalue weighted by molar-refractivity contribution is 0.100. The minimum absolute atomic E-state index is 0.178. The van der Waals surface area contributed by atoms with Gasteiger partial charge in [0.05, 0.1) is 23.7 Å². The summed E-state index contributed by atoms with van der Waals surface area (Å²) in [5.74, 6) is -1.74. The number of carbonyl (C=O) groups is 1. The lowest BCUT2D eigenvalue weighted by Crippen LogP contribution is -2.40. The van der Waals surface area contributed by atoms with Crippen LogP contribution in [0, 0.1) is 29.0 Å². The van der Waals surface area contributed by atoms with Crippen LogP contribution < -0.4 is 11.1 Å². The SMILES string of the molecule is N#C[C@@H]1CN(Cc2cccc(F)n2)CC[C@@H]1n1cc(C(N)=O)c(Nc2ccc(F)cc2)n1. The number of amides is 1. The van der Waals surface area contributed by atoms with Crippen molar-refractivity contribution in [2.75, 3.05) is 18.4 Å². The van der Waals surface area contributed by atoms with Crippen LogP contribution in [0.2, 0.25) is 0 Å². The number of halogens is 2. The summed E-state index contributed by atoms with van der Waals surface area (Å²) in [6.07, 6.45) is 2.14. The Bertz CT molecular complexity index is 1160. The number of likely N-dealkylation sites (tertiary alicyclic amines) is 1. The van der Waals surface area contributed by atoms with Gasteiger partial charge in [0, 0.05) is 31.5 Å². The molecule has 1 saturated heterocycles. The topological polar surface area (TPSA) is 113 Å². The molecule has 3 aromatic rings. The van der Waals surface area contributed by atoms with Gasteiger partial charge in [-0.15, -0.1) is 0 Å². The number of hydrogen-bond acceptors (Lipinski definition) is 6. The van der Waals surface area contributed by atoms with Gasteiger partial charge in [-0.05, 0) is 42.8 Å². The average molecular weight is 437 g/mol. The summed E-state index contributed by atoms with van der Waals surface area (Å²) in [6.45, 7) is 1.53. The van der Waals surface area contributed by atoms with Gasteiger partial charge < -0.3 is 11.1 Å². The van der Waals surface area contributed by atoms with Gasteiger partial charge in [0.15, 0.2) is 5.82 Å². The standard InChI is InChI=1S/C22H21F2N7O/c23-15-4-6-16(7-5-15)28-22-18(21(26)32)13-31(29-22)19-8-9-30(11-14(19)10-25)12-17-2-1-3-20(24)27-17/h1-7,13-14,19H,8-9,11-12H2,(H2,26,32)(H,28,29)/t14-,19+/m1/s1. The van der Waals surface area contributed by atoms with E-state index in [9.17, 15) is 18.8 Å². The zero-order chi connectivity index (χ0) is 22.7. The van der Waals surface area contributed by atoms with Crippen molar-refractivity contribution in [2.45, 2.75) is 19.0 Å². The third-order valence-electron chi connectivity index (χ3n) is 5.43. The number of anilines is 2. The van der Waals surface area contributed by atoms with Crippen molar-refractivity contribution in [2.24, 2.45) is 11.7 Å². The van der Waals surface area contributed by atoms with Crippen molar-refractivity contribution < 1.29 is 13.6 Å². The summed E-state index contributed by atoms with van der Waals surface area (Å²) in [4.78, 5) is 17.9. The number of nitrogens with zero attached hydrogens (tertiary/aromatic N) is 5. The lowest BCUT2D eigenvalue weighted by Gasteiger charge is -2.35. The largest absolute Gasteiger partial charge is 0.365 e. The number of benzene rings is 1. The fourth-order valence-electron chi connectivity index (χ4n) is 3.87. The van der Waals surface area contributed by atoms with Gasteiger partial charge >= 0.3 is 0 Å². The van der Waals surface area contributed by atoms with E-state index < -0.39 is 17.8 Å². The molecule has 1 aliphatic rings. The normalized spacial score (nSPS) is 18.8. The maximum atomic E-state index is 13.4. The molecule has 4 rings (SSSR count). The fourth-order valence-corrected chi connectivity index (χ4v) is 3.87. The first-order chi connectivity index (χ1) is 15.4. The molecule has 0 radical (unpaired) electrons. The van der Waals surface area contributed by atoms with Crippen molar-refractivity contribution >= 4 is 17.4 Å². The predicted octanol–water partition coefficient (Wildman–Crippen LogP) is 2.99. The molecule has 3 heterocycles. The molecular formula is C22H21F2N7O. The summed E-state index contributed by atoms with van der Waals surface area (Å²) in [5, 5.41) is 17.2. The van der Waals surface area contributed by atoms with E-state index in [4.69, 9.17) is 5.73 Å². The number of nitriles is 1. The number of piperidine rings is 1. The third kappa shape index (κ3) is 4.73. The zero-order valence-electron chi connectivity index (χ0n) is 17.1. The molecule has 0 aliphatic carbocycles. The fraction of sp³-hybridized carbons (Fsp3) is 0.273. The Kier molecular flexibility index (Phi) is 6.09. The quantitative estimate of drug-likeness (QED) is 0.574. The highest BCUT2D eigenvalue weighted by Gasteiger charge is 2.32. The van der Waals surface area contributed by atoms with E-state index >= 15 is 0 Å². The summed E-state index contributed by atoms with van der Waals surface area (Å²) >= 11 is 0. The number of carbonyl (C=O) groups excluding carboxylic acids is 1. The third-order valence-corrected chi connectivity index (χ3v) is 5.43.